The Morgan fingerprint density at radius 3 is 2.78 bits per heavy atom. The monoisotopic (exact) mass is 361 g/mol. The van der Waals surface area contributed by atoms with Crippen LogP contribution in [0, 0.1) is 23.7 Å². The summed E-state index contributed by atoms with van der Waals surface area (Å²) in [7, 11) is 1.59. The molecule has 2 aromatic rings. The summed E-state index contributed by atoms with van der Waals surface area (Å²) in [6.45, 7) is 1.70. The molecule has 8 nitrogen and oxygen atoms in total. The summed E-state index contributed by atoms with van der Waals surface area (Å²) < 4.78 is 0. The molecule has 6 N–H and O–H groups in total. The minimum absolute atomic E-state index is 0.0242. The van der Waals surface area contributed by atoms with E-state index in [9.17, 15) is 4.79 Å². The number of hydrogen-bond donors (Lipinski definition) is 4. The quantitative estimate of drug-likeness (QED) is 0.474. The molecule has 0 unspecified atom stereocenters. The molecule has 0 aliphatic rings. The molecule has 0 fully saturated rings. The van der Waals surface area contributed by atoms with Gasteiger partial charge in [0.25, 0.3) is 5.91 Å². The molecule has 0 saturated heterocycles. The van der Waals surface area contributed by atoms with Crippen molar-refractivity contribution < 1.29 is 4.79 Å². The van der Waals surface area contributed by atoms with Crippen LogP contribution in [0.15, 0.2) is 47.2 Å². The normalized spacial score (nSPS) is 11.2. The molecule has 0 bridgehead atoms. The van der Waals surface area contributed by atoms with Crippen LogP contribution < -0.4 is 16.8 Å². The number of aryl methyl sites for hydroxylation is 1. The first-order valence-electron chi connectivity index (χ1n) is 7.92. The van der Waals surface area contributed by atoms with Gasteiger partial charge in [-0.25, -0.2) is 4.98 Å². The van der Waals surface area contributed by atoms with E-state index in [0.717, 1.165) is 0 Å². The average Bonchev–Trinajstić information content (AvgIpc) is 2.66. The van der Waals surface area contributed by atoms with Crippen LogP contribution >= 0.6 is 0 Å². The first-order valence-corrected chi connectivity index (χ1v) is 7.92. The van der Waals surface area contributed by atoms with Gasteiger partial charge in [0.1, 0.15) is 11.8 Å². The number of pyridine rings is 1. The minimum atomic E-state index is -0.430. The topological polar surface area (TPSA) is 154 Å². The summed E-state index contributed by atoms with van der Waals surface area (Å²) in [4.78, 5) is 20.3. The molecule has 0 radical (unpaired) electrons. The number of nitrogens with one attached hydrogen (secondary N) is 2. The number of amides is 1. The van der Waals surface area contributed by atoms with E-state index >= 15 is 0 Å². The van der Waals surface area contributed by atoms with E-state index in [4.69, 9.17) is 22.1 Å². The second-order valence-electron chi connectivity index (χ2n) is 5.66. The summed E-state index contributed by atoms with van der Waals surface area (Å²) in [6, 6.07) is 8.34. The van der Waals surface area contributed by atoms with Crippen LogP contribution in [0.5, 0.6) is 0 Å². The predicted octanol–water partition coefficient (Wildman–Crippen LogP) is 2.01. The smallest absolute Gasteiger partial charge is 0.274 e. The van der Waals surface area contributed by atoms with Gasteiger partial charge in [-0.3, -0.25) is 15.2 Å². The number of benzene rings is 1. The zero-order valence-corrected chi connectivity index (χ0v) is 14.9. The lowest BCUT2D eigenvalue weighted by molar-refractivity contribution is 0.102. The molecule has 1 heterocycles. The van der Waals surface area contributed by atoms with Crippen LogP contribution in [-0.4, -0.2) is 29.9 Å². The number of anilines is 2. The number of nitrogen functional groups attached to an aromatic ring is 1. The molecule has 0 aliphatic heterocycles. The Labute approximate surface area is 156 Å². The van der Waals surface area contributed by atoms with E-state index in [1.807, 2.05) is 6.07 Å². The molecular weight excluding hydrogens is 342 g/mol. The van der Waals surface area contributed by atoms with Gasteiger partial charge in [0.2, 0.25) is 0 Å². The largest absolute Gasteiger partial charge is 0.398 e. The molecule has 136 valence electrons. The fourth-order valence-corrected chi connectivity index (χ4v) is 2.31. The Morgan fingerprint density at radius 2 is 2.15 bits per heavy atom. The number of allylic oxidation sites excluding steroid dienone is 2. The van der Waals surface area contributed by atoms with Gasteiger partial charge in [-0.2, -0.15) is 5.26 Å². The van der Waals surface area contributed by atoms with Crippen LogP contribution in [0.25, 0.3) is 0 Å². The third-order valence-electron chi connectivity index (χ3n) is 3.69. The van der Waals surface area contributed by atoms with Gasteiger partial charge < -0.3 is 16.8 Å². The molecule has 0 aliphatic carbocycles. The molecule has 2 rings (SSSR count). The van der Waals surface area contributed by atoms with E-state index in [1.165, 1.54) is 18.5 Å². The molecule has 1 aromatic carbocycles. The lowest BCUT2D eigenvalue weighted by atomic mass is 10.0. The van der Waals surface area contributed by atoms with Crippen LogP contribution in [0.2, 0.25) is 0 Å². The zero-order valence-electron chi connectivity index (χ0n) is 14.9. The third-order valence-corrected chi connectivity index (χ3v) is 3.69. The van der Waals surface area contributed by atoms with Gasteiger partial charge in [0.05, 0.1) is 17.0 Å². The zero-order chi connectivity index (χ0) is 20.0. The highest BCUT2D eigenvalue weighted by atomic mass is 16.1. The van der Waals surface area contributed by atoms with E-state index in [-0.39, 0.29) is 17.1 Å². The highest BCUT2D eigenvalue weighted by Crippen LogP contribution is 2.21. The Bertz CT molecular complexity index is 1000. The predicted molar refractivity (Wildman–Crippen MR) is 106 cm³/mol. The second kappa shape index (κ2) is 8.40. The van der Waals surface area contributed by atoms with Crippen LogP contribution in [0.1, 0.15) is 27.2 Å². The Morgan fingerprint density at radius 1 is 1.41 bits per heavy atom. The average molecular weight is 361 g/mol. The van der Waals surface area contributed by atoms with Gasteiger partial charge in [-0.05, 0) is 42.8 Å². The van der Waals surface area contributed by atoms with Gasteiger partial charge >= 0.3 is 0 Å². The number of carbonyl (C=O) groups is 1. The van der Waals surface area contributed by atoms with Crippen molar-refractivity contribution in [2.75, 3.05) is 18.1 Å². The number of nitriles is 1. The van der Waals surface area contributed by atoms with Crippen molar-refractivity contribution in [1.29, 1.82) is 10.7 Å². The molecule has 1 amide bonds. The van der Waals surface area contributed by atoms with E-state index in [2.05, 4.69) is 15.3 Å². The standard InChI is InChI=1S/C19H19N7O/c1-11-7-12(9-20)10-25-18(11)19(27)26-13-3-4-15(21)14(8-13)17(23)16(22)5-6-24-2/h3-8,10,23H,21-22H2,1-2H3,(H,26,27)/b16-5-,23-17?,24-6?. The number of hydrogen-bond acceptors (Lipinski definition) is 7. The highest BCUT2D eigenvalue weighted by molar-refractivity contribution is 6.15. The summed E-state index contributed by atoms with van der Waals surface area (Å²) in [5.41, 5.74) is 14.4. The summed E-state index contributed by atoms with van der Waals surface area (Å²) in [5, 5.41) is 19.8. The fourth-order valence-electron chi connectivity index (χ4n) is 2.31. The Kier molecular flexibility index (Phi) is 6.02. The van der Waals surface area contributed by atoms with Gasteiger partial charge in [-0.15, -0.1) is 0 Å². The van der Waals surface area contributed by atoms with Gasteiger partial charge in [0.15, 0.2) is 0 Å². The first-order chi connectivity index (χ1) is 12.9. The maximum absolute atomic E-state index is 12.5. The molecular formula is C19H19N7O. The van der Waals surface area contributed by atoms with E-state index in [1.54, 1.807) is 38.2 Å². The molecule has 0 spiro atoms. The number of nitrogens with two attached hydrogens (primary N) is 2. The number of aliphatic imine (C=N–C) groups is 1. The minimum Gasteiger partial charge on any atom is -0.398 e. The summed E-state index contributed by atoms with van der Waals surface area (Å²) >= 11 is 0. The van der Waals surface area contributed by atoms with Crippen molar-refractivity contribution in [1.82, 2.24) is 4.98 Å². The molecule has 1 aromatic heterocycles. The fraction of sp³-hybridized carbons (Fsp3) is 0.105. The number of nitrogens with zero attached hydrogens (tertiary/aromatic N) is 3. The number of aromatic nitrogens is 1. The Hall–Kier alpha value is -3.99. The number of rotatable bonds is 5. The molecule has 0 saturated carbocycles. The van der Waals surface area contributed by atoms with Crippen molar-refractivity contribution in [2.45, 2.75) is 6.92 Å². The SMILES string of the molecule is CN=C/C=C(\N)C(=N)c1cc(NC(=O)c2ncc(C#N)cc2C)ccc1N. The van der Waals surface area contributed by atoms with Crippen molar-refractivity contribution >= 4 is 29.2 Å². The van der Waals surface area contributed by atoms with E-state index in [0.29, 0.717) is 28.1 Å². The Balaban J connectivity index is 2.29. The van der Waals surface area contributed by atoms with Crippen molar-refractivity contribution in [2.24, 2.45) is 10.7 Å². The maximum Gasteiger partial charge on any atom is 0.274 e. The number of carbonyl (C=O) groups excluding carboxylic acids is 1. The third kappa shape index (κ3) is 4.55. The summed E-state index contributed by atoms with van der Waals surface area (Å²) in [5.74, 6) is -0.430. The van der Waals surface area contributed by atoms with Crippen molar-refractivity contribution in [3.63, 3.8) is 0 Å². The highest BCUT2D eigenvalue weighted by Gasteiger charge is 2.14. The van der Waals surface area contributed by atoms with Crippen LogP contribution in [0.3, 0.4) is 0 Å². The molecule has 8 heteroatoms. The maximum atomic E-state index is 12.5. The van der Waals surface area contributed by atoms with Gasteiger partial charge in [-0.1, -0.05) is 0 Å². The first kappa shape index (κ1) is 19.3. The molecule has 0 atom stereocenters. The lowest BCUT2D eigenvalue weighted by Gasteiger charge is -2.12. The van der Waals surface area contributed by atoms with Crippen molar-refractivity contribution in [3.05, 3.63) is 64.6 Å². The summed E-state index contributed by atoms with van der Waals surface area (Å²) in [6.07, 6.45) is 4.31. The van der Waals surface area contributed by atoms with Crippen LogP contribution in [0.4, 0.5) is 11.4 Å². The van der Waals surface area contributed by atoms with Crippen molar-refractivity contribution in [3.8, 4) is 6.07 Å². The second-order valence-corrected chi connectivity index (χ2v) is 5.66. The molecule has 27 heavy (non-hydrogen) atoms. The van der Waals surface area contributed by atoms with E-state index < -0.39 is 5.91 Å². The van der Waals surface area contributed by atoms with Crippen LogP contribution in [-0.2, 0) is 0 Å². The lowest BCUT2D eigenvalue weighted by Crippen LogP contribution is -2.17. The van der Waals surface area contributed by atoms with Gasteiger partial charge in [0, 0.05) is 36.4 Å².